The Kier molecular flexibility index (Phi) is 3.87. The molecule has 1 rings (SSSR count). The van der Waals surface area contributed by atoms with Gasteiger partial charge in [-0.05, 0) is 17.4 Å². The van der Waals surface area contributed by atoms with Gasteiger partial charge in [-0.3, -0.25) is 0 Å². The second kappa shape index (κ2) is 4.94. The van der Waals surface area contributed by atoms with Crippen LogP contribution in [0.25, 0.3) is 0 Å². The molecule has 0 radical (unpaired) electrons. The van der Waals surface area contributed by atoms with Crippen LogP contribution in [0.5, 0.6) is 0 Å². The van der Waals surface area contributed by atoms with Gasteiger partial charge in [-0.2, -0.15) is 0 Å². The van der Waals surface area contributed by atoms with Gasteiger partial charge in [0.05, 0.1) is 0 Å². The molecule has 0 amide bonds. The van der Waals surface area contributed by atoms with Gasteiger partial charge < -0.3 is 4.79 Å². The fourth-order valence-electron chi connectivity index (χ4n) is 1.83. The van der Waals surface area contributed by atoms with Crippen LogP contribution < -0.4 is 0 Å². The number of carbonyl (C=O) groups is 1. The first-order chi connectivity index (χ1) is 6.66. The van der Waals surface area contributed by atoms with Gasteiger partial charge in [-0.25, -0.2) is 0 Å². The maximum absolute atomic E-state index is 11.0. The van der Waals surface area contributed by atoms with Crippen molar-refractivity contribution >= 4 is 6.29 Å². The summed E-state index contributed by atoms with van der Waals surface area (Å²) in [6.07, 6.45) is 1.09. The van der Waals surface area contributed by atoms with Crippen molar-refractivity contribution in [1.82, 2.24) is 0 Å². The molecule has 2 atom stereocenters. The number of rotatable bonds is 4. The van der Waals surface area contributed by atoms with Crippen molar-refractivity contribution in [2.75, 3.05) is 0 Å². The van der Waals surface area contributed by atoms with Gasteiger partial charge in [0.25, 0.3) is 0 Å². The van der Waals surface area contributed by atoms with Crippen LogP contribution in [0.15, 0.2) is 30.3 Å². The molecule has 1 heteroatoms. The highest BCUT2D eigenvalue weighted by molar-refractivity contribution is 5.56. The van der Waals surface area contributed by atoms with Crippen LogP contribution in [-0.4, -0.2) is 6.29 Å². The van der Waals surface area contributed by atoms with Crippen molar-refractivity contribution < 1.29 is 4.79 Å². The monoisotopic (exact) mass is 190 g/mol. The summed E-state index contributed by atoms with van der Waals surface area (Å²) < 4.78 is 0. The zero-order valence-electron chi connectivity index (χ0n) is 9.10. The van der Waals surface area contributed by atoms with Crippen LogP contribution in [0.4, 0.5) is 0 Å². The van der Waals surface area contributed by atoms with Crippen LogP contribution in [0.3, 0.4) is 0 Å². The molecule has 0 saturated carbocycles. The molecule has 0 fully saturated rings. The number of carbonyl (C=O) groups excluding carboxylic acids is 1. The maximum atomic E-state index is 11.0. The summed E-state index contributed by atoms with van der Waals surface area (Å²) in [5.74, 6) is 0.841. The van der Waals surface area contributed by atoms with Gasteiger partial charge in [0.1, 0.15) is 6.29 Å². The van der Waals surface area contributed by atoms with Crippen LogP contribution in [0, 0.1) is 11.8 Å². The molecule has 1 aromatic carbocycles. The van der Waals surface area contributed by atoms with Crippen LogP contribution in [0.1, 0.15) is 32.3 Å². The molecule has 1 aromatic rings. The Morgan fingerprint density at radius 3 is 2.07 bits per heavy atom. The molecule has 2 unspecified atom stereocenters. The normalized spacial score (nSPS) is 15.1. The molecule has 0 saturated heterocycles. The molecule has 0 spiro atoms. The van der Waals surface area contributed by atoms with E-state index in [1.807, 2.05) is 18.2 Å². The Morgan fingerprint density at radius 2 is 1.64 bits per heavy atom. The Hall–Kier alpha value is -1.11. The van der Waals surface area contributed by atoms with E-state index in [0.29, 0.717) is 11.8 Å². The van der Waals surface area contributed by atoms with E-state index >= 15 is 0 Å². The average Bonchev–Trinajstić information content (AvgIpc) is 2.19. The van der Waals surface area contributed by atoms with Crippen LogP contribution in [-0.2, 0) is 4.79 Å². The van der Waals surface area contributed by atoms with Crippen molar-refractivity contribution in [2.45, 2.75) is 26.7 Å². The highest BCUT2D eigenvalue weighted by Crippen LogP contribution is 2.27. The third-order valence-corrected chi connectivity index (χ3v) is 2.83. The minimum Gasteiger partial charge on any atom is -0.303 e. The number of hydrogen-bond acceptors (Lipinski definition) is 1. The van der Waals surface area contributed by atoms with Crippen molar-refractivity contribution in [3.63, 3.8) is 0 Å². The van der Waals surface area contributed by atoms with E-state index in [4.69, 9.17) is 0 Å². The Labute approximate surface area is 86.1 Å². The second-order valence-electron chi connectivity index (χ2n) is 4.16. The van der Waals surface area contributed by atoms with E-state index < -0.39 is 0 Å². The standard InChI is InChI=1S/C13H18O/c1-10(2)13(9-14)11(3)12-7-5-4-6-8-12/h4-11,13H,1-3H3. The van der Waals surface area contributed by atoms with E-state index in [0.717, 1.165) is 6.29 Å². The molecule has 0 heterocycles. The first-order valence-corrected chi connectivity index (χ1v) is 5.17. The zero-order chi connectivity index (χ0) is 10.6. The quantitative estimate of drug-likeness (QED) is 0.666. The molecular weight excluding hydrogens is 172 g/mol. The Bertz CT molecular complexity index is 277. The summed E-state index contributed by atoms with van der Waals surface area (Å²) in [5.41, 5.74) is 1.25. The summed E-state index contributed by atoms with van der Waals surface area (Å²) in [7, 11) is 0. The largest absolute Gasteiger partial charge is 0.303 e. The summed E-state index contributed by atoms with van der Waals surface area (Å²) >= 11 is 0. The summed E-state index contributed by atoms with van der Waals surface area (Å²) in [5, 5.41) is 0. The molecule has 1 nitrogen and oxygen atoms in total. The van der Waals surface area contributed by atoms with E-state index in [9.17, 15) is 4.79 Å². The van der Waals surface area contributed by atoms with Gasteiger partial charge in [0, 0.05) is 5.92 Å². The lowest BCUT2D eigenvalue weighted by Gasteiger charge is -2.22. The van der Waals surface area contributed by atoms with Gasteiger partial charge >= 0.3 is 0 Å². The lowest BCUT2D eigenvalue weighted by atomic mass is 9.81. The predicted octanol–water partition coefficient (Wildman–Crippen LogP) is 3.26. The van der Waals surface area contributed by atoms with Crippen molar-refractivity contribution in [3.8, 4) is 0 Å². The molecule has 0 aliphatic heterocycles. The predicted molar refractivity (Wildman–Crippen MR) is 59.2 cm³/mol. The molecular formula is C13H18O. The third kappa shape index (κ3) is 2.44. The smallest absolute Gasteiger partial charge is 0.123 e. The lowest BCUT2D eigenvalue weighted by Crippen LogP contribution is -2.17. The fraction of sp³-hybridized carbons (Fsp3) is 0.462. The fourth-order valence-corrected chi connectivity index (χ4v) is 1.83. The molecule has 14 heavy (non-hydrogen) atoms. The lowest BCUT2D eigenvalue weighted by molar-refractivity contribution is -0.112. The number of hydrogen-bond donors (Lipinski definition) is 0. The number of aldehydes is 1. The molecule has 0 aliphatic carbocycles. The summed E-state index contributed by atoms with van der Waals surface area (Å²) in [6, 6.07) is 10.2. The van der Waals surface area contributed by atoms with E-state index in [1.54, 1.807) is 0 Å². The van der Waals surface area contributed by atoms with Gasteiger partial charge in [0.2, 0.25) is 0 Å². The van der Waals surface area contributed by atoms with E-state index in [1.165, 1.54) is 5.56 Å². The second-order valence-corrected chi connectivity index (χ2v) is 4.16. The first-order valence-electron chi connectivity index (χ1n) is 5.17. The molecule has 76 valence electrons. The highest BCUT2D eigenvalue weighted by atomic mass is 16.1. The van der Waals surface area contributed by atoms with E-state index in [2.05, 4.69) is 32.9 Å². The maximum Gasteiger partial charge on any atom is 0.123 e. The molecule has 0 bridgehead atoms. The van der Waals surface area contributed by atoms with E-state index in [-0.39, 0.29) is 5.92 Å². The van der Waals surface area contributed by atoms with Crippen LogP contribution in [0.2, 0.25) is 0 Å². The Morgan fingerprint density at radius 1 is 1.07 bits per heavy atom. The Balaban J connectivity index is 2.83. The highest BCUT2D eigenvalue weighted by Gasteiger charge is 2.20. The van der Waals surface area contributed by atoms with Gasteiger partial charge in [-0.15, -0.1) is 0 Å². The minimum atomic E-state index is 0.123. The average molecular weight is 190 g/mol. The topological polar surface area (TPSA) is 17.1 Å². The van der Waals surface area contributed by atoms with Gasteiger partial charge in [0.15, 0.2) is 0 Å². The van der Waals surface area contributed by atoms with Crippen molar-refractivity contribution in [2.24, 2.45) is 11.8 Å². The van der Waals surface area contributed by atoms with Crippen LogP contribution >= 0.6 is 0 Å². The molecule has 0 aliphatic rings. The SMILES string of the molecule is CC(C)C(C=O)C(C)c1ccccc1. The molecule has 0 N–H and O–H groups in total. The third-order valence-electron chi connectivity index (χ3n) is 2.83. The molecule has 0 aromatic heterocycles. The van der Waals surface area contributed by atoms with Crippen molar-refractivity contribution in [3.05, 3.63) is 35.9 Å². The van der Waals surface area contributed by atoms with Crippen molar-refractivity contribution in [1.29, 1.82) is 0 Å². The zero-order valence-corrected chi connectivity index (χ0v) is 9.10. The minimum absolute atomic E-state index is 0.123. The first kappa shape index (κ1) is 11.0. The summed E-state index contributed by atoms with van der Waals surface area (Å²) in [4.78, 5) is 11.0. The number of benzene rings is 1. The van der Waals surface area contributed by atoms with Gasteiger partial charge in [-0.1, -0.05) is 51.1 Å². The summed E-state index contributed by atoms with van der Waals surface area (Å²) in [6.45, 7) is 6.31.